The highest BCUT2D eigenvalue weighted by Gasteiger charge is 2.53. The molecule has 10 heteroatoms. The first-order valence-corrected chi connectivity index (χ1v) is 14.5. The Morgan fingerprint density at radius 1 is 0.951 bits per heavy atom. The number of anilines is 1. The number of halogens is 2. The van der Waals surface area contributed by atoms with Crippen molar-refractivity contribution in [1.29, 1.82) is 0 Å². The summed E-state index contributed by atoms with van der Waals surface area (Å²) in [5.74, 6) is 0.116. The molecule has 41 heavy (non-hydrogen) atoms. The number of methoxy groups -OCH3 is 2. The van der Waals surface area contributed by atoms with Gasteiger partial charge in [-0.3, -0.25) is 9.69 Å². The van der Waals surface area contributed by atoms with Gasteiger partial charge >= 0.3 is 6.03 Å². The number of hydrogen-bond donors (Lipinski definition) is 2. The van der Waals surface area contributed by atoms with E-state index in [4.69, 9.17) is 9.47 Å². The van der Waals surface area contributed by atoms with Crippen LogP contribution in [-0.2, 0) is 10.2 Å². The number of fused-ring (bicyclic) bond motifs is 1. The van der Waals surface area contributed by atoms with Crippen LogP contribution >= 0.6 is 0 Å². The zero-order valence-corrected chi connectivity index (χ0v) is 24.1. The first-order valence-electron chi connectivity index (χ1n) is 14.5. The van der Waals surface area contributed by atoms with Crippen molar-refractivity contribution >= 4 is 17.6 Å². The van der Waals surface area contributed by atoms with Gasteiger partial charge in [-0.2, -0.15) is 0 Å². The van der Waals surface area contributed by atoms with Crippen LogP contribution in [0.3, 0.4) is 0 Å². The van der Waals surface area contributed by atoms with Gasteiger partial charge in [0.05, 0.1) is 20.8 Å². The van der Waals surface area contributed by atoms with E-state index in [0.717, 1.165) is 56.5 Å². The lowest BCUT2D eigenvalue weighted by Crippen LogP contribution is -2.55. The summed E-state index contributed by atoms with van der Waals surface area (Å²) in [7, 11) is 3.23. The van der Waals surface area contributed by atoms with Gasteiger partial charge in [0.1, 0.15) is 0 Å². The standard InChI is InChI=1S/C31H40F2N4O4/c1-20-9-13-36(14-10-20)19-29(38)37-15-12-31(21-4-7-26(40-2)27(16-21)41-3)11-8-23(18-28(31)37)35-30(39)34-22-5-6-24(32)25(33)17-22/h4-7,16-17,20,23,28H,8-15,18-19H2,1-3H3,(H2,34,35,39)/t23-,28+,31+/m1/s1. The number of ether oxygens (including phenoxy) is 2. The fourth-order valence-corrected chi connectivity index (χ4v) is 6.89. The van der Waals surface area contributed by atoms with Crippen molar-refractivity contribution in [1.82, 2.24) is 15.1 Å². The SMILES string of the molecule is COc1ccc([C@@]23CC[C@@H](NC(=O)Nc4ccc(F)c(F)c4)C[C@@H]2N(C(=O)CN2CCC(C)CC2)CC3)cc1OC. The predicted molar refractivity (Wildman–Crippen MR) is 152 cm³/mol. The van der Waals surface area contributed by atoms with Crippen LogP contribution in [0, 0.1) is 17.6 Å². The minimum absolute atomic E-state index is 0.112. The second-order valence-corrected chi connectivity index (χ2v) is 11.7. The zero-order valence-electron chi connectivity index (χ0n) is 24.1. The molecule has 3 amide bonds. The Hall–Kier alpha value is -3.40. The lowest BCUT2D eigenvalue weighted by atomic mass is 9.65. The number of nitrogens with zero attached hydrogens (tertiary/aromatic N) is 2. The molecular formula is C31H40F2N4O4. The van der Waals surface area contributed by atoms with Gasteiger partial charge in [0.25, 0.3) is 0 Å². The molecule has 2 aromatic carbocycles. The van der Waals surface area contributed by atoms with Crippen molar-refractivity contribution in [2.45, 2.75) is 62.9 Å². The van der Waals surface area contributed by atoms with Gasteiger partial charge in [0.15, 0.2) is 23.1 Å². The van der Waals surface area contributed by atoms with Crippen molar-refractivity contribution in [2.24, 2.45) is 5.92 Å². The van der Waals surface area contributed by atoms with E-state index in [0.29, 0.717) is 43.3 Å². The molecule has 2 saturated heterocycles. The first kappa shape index (κ1) is 29.1. The lowest BCUT2D eigenvalue weighted by molar-refractivity contribution is -0.134. The molecule has 2 aromatic rings. The molecule has 2 aliphatic heterocycles. The molecule has 5 rings (SSSR count). The van der Waals surface area contributed by atoms with Crippen LogP contribution < -0.4 is 20.1 Å². The van der Waals surface area contributed by atoms with E-state index in [-0.39, 0.29) is 29.1 Å². The number of hydrogen-bond acceptors (Lipinski definition) is 5. The van der Waals surface area contributed by atoms with Gasteiger partial charge in [-0.05, 0) is 87.4 Å². The Kier molecular flexibility index (Phi) is 8.68. The molecule has 0 bridgehead atoms. The van der Waals surface area contributed by atoms with Crippen molar-refractivity contribution in [3.8, 4) is 11.5 Å². The summed E-state index contributed by atoms with van der Waals surface area (Å²) < 4.78 is 38.0. The summed E-state index contributed by atoms with van der Waals surface area (Å²) in [6.45, 7) is 5.17. The number of benzene rings is 2. The molecule has 2 heterocycles. The summed E-state index contributed by atoms with van der Waals surface area (Å²) in [5, 5.41) is 5.61. The van der Waals surface area contributed by atoms with Gasteiger partial charge < -0.3 is 25.0 Å². The van der Waals surface area contributed by atoms with E-state index in [1.165, 1.54) is 6.07 Å². The third kappa shape index (κ3) is 6.12. The van der Waals surface area contributed by atoms with E-state index in [2.05, 4.69) is 28.5 Å². The number of piperidine rings is 1. The van der Waals surface area contributed by atoms with E-state index in [1.54, 1.807) is 14.2 Å². The molecule has 3 aliphatic rings. The summed E-state index contributed by atoms with van der Waals surface area (Å²) in [6, 6.07) is 8.47. The fraction of sp³-hybridized carbons (Fsp3) is 0.548. The number of carbonyl (C=O) groups is 2. The van der Waals surface area contributed by atoms with Crippen LogP contribution in [0.1, 0.15) is 51.0 Å². The maximum absolute atomic E-state index is 13.8. The molecule has 1 aliphatic carbocycles. The fourth-order valence-electron chi connectivity index (χ4n) is 6.89. The largest absolute Gasteiger partial charge is 0.493 e. The molecule has 0 aromatic heterocycles. The third-order valence-electron chi connectivity index (χ3n) is 9.29. The van der Waals surface area contributed by atoms with E-state index in [1.807, 2.05) is 17.0 Å². The number of likely N-dealkylation sites (tertiary alicyclic amines) is 2. The normalized spacial score (nSPS) is 25.0. The van der Waals surface area contributed by atoms with Crippen LogP contribution in [0.4, 0.5) is 19.3 Å². The maximum atomic E-state index is 13.8. The zero-order chi connectivity index (χ0) is 29.1. The highest BCUT2D eigenvalue weighted by atomic mass is 19.2. The molecule has 3 fully saturated rings. The molecule has 2 N–H and O–H groups in total. The second-order valence-electron chi connectivity index (χ2n) is 11.7. The minimum atomic E-state index is -1.02. The minimum Gasteiger partial charge on any atom is -0.493 e. The number of rotatable bonds is 7. The monoisotopic (exact) mass is 570 g/mol. The number of amides is 3. The topological polar surface area (TPSA) is 83.1 Å². The van der Waals surface area contributed by atoms with Crippen molar-refractivity contribution in [2.75, 3.05) is 45.7 Å². The van der Waals surface area contributed by atoms with E-state index >= 15 is 0 Å². The summed E-state index contributed by atoms with van der Waals surface area (Å²) in [4.78, 5) is 30.9. The Balaban J connectivity index is 1.35. The number of nitrogens with one attached hydrogen (secondary N) is 2. The summed E-state index contributed by atoms with van der Waals surface area (Å²) >= 11 is 0. The van der Waals surface area contributed by atoms with Crippen LogP contribution in [0.15, 0.2) is 36.4 Å². The van der Waals surface area contributed by atoms with Gasteiger partial charge in [-0.25, -0.2) is 13.6 Å². The van der Waals surface area contributed by atoms with Gasteiger partial charge in [0, 0.05) is 35.8 Å². The average molecular weight is 571 g/mol. The van der Waals surface area contributed by atoms with Crippen molar-refractivity contribution < 1.29 is 27.8 Å². The molecule has 0 unspecified atom stereocenters. The maximum Gasteiger partial charge on any atom is 0.319 e. The first-order chi connectivity index (χ1) is 19.7. The molecule has 1 saturated carbocycles. The lowest BCUT2D eigenvalue weighted by Gasteiger charge is -2.45. The number of carbonyl (C=O) groups excluding carboxylic acids is 2. The van der Waals surface area contributed by atoms with Crippen LogP contribution in [0.2, 0.25) is 0 Å². The molecular weight excluding hydrogens is 530 g/mol. The van der Waals surface area contributed by atoms with Crippen LogP contribution in [0.25, 0.3) is 0 Å². The quantitative estimate of drug-likeness (QED) is 0.494. The van der Waals surface area contributed by atoms with E-state index in [9.17, 15) is 18.4 Å². The Morgan fingerprint density at radius 2 is 1.71 bits per heavy atom. The molecule has 3 atom stereocenters. The molecule has 8 nitrogen and oxygen atoms in total. The second kappa shape index (κ2) is 12.2. The molecule has 222 valence electrons. The highest BCUT2D eigenvalue weighted by molar-refractivity contribution is 5.89. The smallest absolute Gasteiger partial charge is 0.319 e. The Labute approximate surface area is 240 Å². The van der Waals surface area contributed by atoms with Gasteiger partial charge in [-0.15, -0.1) is 0 Å². The third-order valence-corrected chi connectivity index (χ3v) is 9.29. The van der Waals surface area contributed by atoms with Gasteiger partial charge in [0.2, 0.25) is 5.91 Å². The summed E-state index contributed by atoms with van der Waals surface area (Å²) in [6.07, 6.45) is 5.10. The summed E-state index contributed by atoms with van der Waals surface area (Å²) in [5.41, 5.74) is 0.998. The average Bonchev–Trinajstić information content (AvgIpc) is 3.36. The predicted octanol–water partition coefficient (Wildman–Crippen LogP) is 4.93. The molecule has 0 spiro atoms. The highest BCUT2D eigenvalue weighted by Crippen LogP contribution is 2.50. The Bertz CT molecular complexity index is 1270. The molecule has 0 radical (unpaired) electrons. The Morgan fingerprint density at radius 3 is 2.41 bits per heavy atom. The van der Waals surface area contributed by atoms with Gasteiger partial charge in [-0.1, -0.05) is 13.0 Å². The van der Waals surface area contributed by atoms with Crippen LogP contribution in [-0.4, -0.2) is 74.2 Å². The number of urea groups is 1. The van der Waals surface area contributed by atoms with Crippen molar-refractivity contribution in [3.05, 3.63) is 53.6 Å². The van der Waals surface area contributed by atoms with Crippen molar-refractivity contribution in [3.63, 3.8) is 0 Å². The van der Waals surface area contributed by atoms with E-state index < -0.39 is 17.7 Å². The van der Waals surface area contributed by atoms with Crippen LogP contribution in [0.5, 0.6) is 11.5 Å².